The third-order valence-corrected chi connectivity index (χ3v) is 5.74. The highest BCUT2D eigenvalue weighted by atomic mass is 16.5. The van der Waals surface area contributed by atoms with Crippen LogP contribution in [0, 0.1) is 11.8 Å². The highest BCUT2D eigenvalue weighted by molar-refractivity contribution is 5.67. The van der Waals surface area contributed by atoms with Crippen molar-refractivity contribution in [2.45, 2.75) is 38.6 Å². The van der Waals surface area contributed by atoms with Crippen LogP contribution in [0.15, 0.2) is 12.1 Å². The van der Waals surface area contributed by atoms with Gasteiger partial charge in [0.05, 0.1) is 14.2 Å². The average Bonchev–Trinajstić information content (AvgIpc) is 2.59. The van der Waals surface area contributed by atoms with Crippen LogP contribution in [0.4, 0.5) is 0 Å². The van der Waals surface area contributed by atoms with E-state index < -0.39 is 5.97 Å². The van der Waals surface area contributed by atoms with Gasteiger partial charge in [-0.3, -0.25) is 9.69 Å². The van der Waals surface area contributed by atoms with E-state index in [0.29, 0.717) is 12.0 Å². The average molecular weight is 333 g/mol. The number of ether oxygens (including phenoxy) is 2. The smallest absolute Gasteiger partial charge is 0.303 e. The molecule has 1 aromatic carbocycles. The van der Waals surface area contributed by atoms with Gasteiger partial charge >= 0.3 is 5.97 Å². The molecule has 5 heteroatoms. The molecule has 132 valence electrons. The zero-order chi connectivity index (χ0) is 17.3. The number of fused-ring (bicyclic) bond motifs is 3. The molecule has 0 amide bonds. The molecule has 3 rings (SSSR count). The molecule has 1 N–H and O–H groups in total. The highest BCUT2D eigenvalue weighted by Gasteiger charge is 2.39. The largest absolute Gasteiger partial charge is 0.493 e. The molecule has 1 saturated heterocycles. The van der Waals surface area contributed by atoms with Crippen LogP contribution >= 0.6 is 0 Å². The Hall–Kier alpha value is -1.75. The van der Waals surface area contributed by atoms with Gasteiger partial charge in [0.15, 0.2) is 11.5 Å². The van der Waals surface area contributed by atoms with Crippen LogP contribution in [0.1, 0.15) is 43.4 Å². The number of rotatable bonds is 5. The van der Waals surface area contributed by atoms with E-state index in [4.69, 9.17) is 9.47 Å². The molecule has 2 heterocycles. The van der Waals surface area contributed by atoms with Gasteiger partial charge in [-0.05, 0) is 47.9 Å². The summed E-state index contributed by atoms with van der Waals surface area (Å²) in [6.45, 7) is 4.20. The van der Waals surface area contributed by atoms with Crippen molar-refractivity contribution in [1.29, 1.82) is 0 Å². The summed E-state index contributed by atoms with van der Waals surface area (Å²) in [6.07, 6.45) is 3.23. The normalized spacial score (nSPS) is 26.4. The quantitative estimate of drug-likeness (QED) is 0.897. The number of nitrogens with zero attached hydrogens (tertiary/aromatic N) is 1. The standard InChI is InChI=1S/C19H27NO4/c1-4-12-11-20-6-5-13-8-17(23-2)18(24-3)10-15(13)16(20)7-14(12)9-19(21)22/h8,10,12,14,16H,4-7,9,11H2,1-3H3,(H,21,22). The summed E-state index contributed by atoms with van der Waals surface area (Å²) in [7, 11) is 3.32. The Balaban J connectivity index is 1.93. The van der Waals surface area contributed by atoms with Gasteiger partial charge in [0.2, 0.25) is 0 Å². The first kappa shape index (κ1) is 17.1. The van der Waals surface area contributed by atoms with Crippen LogP contribution < -0.4 is 9.47 Å². The number of hydrogen-bond acceptors (Lipinski definition) is 4. The fourth-order valence-electron chi connectivity index (χ4n) is 4.44. The lowest BCUT2D eigenvalue weighted by atomic mass is 9.74. The summed E-state index contributed by atoms with van der Waals surface area (Å²) in [6, 6.07) is 4.47. The molecule has 0 saturated carbocycles. The van der Waals surface area contributed by atoms with Gasteiger partial charge in [-0.15, -0.1) is 0 Å². The molecule has 1 aromatic rings. The first-order valence-corrected chi connectivity index (χ1v) is 8.78. The Labute approximate surface area is 143 Å². The molecule has 2 aliphatic rings. The number of benzene rings is 1. The molecule has 0 aliphatic carbocycles. The molecule has 0 radical (unpaired) electrons. The molecule has 3 unspecified atom stereocenters. The van der Waals surface area contributed by atoms with Crippen molar-refractivity contribution in [2.24, 2.45) is 11.8 Å². The van der Waals surface area contributed by atoms with E-state index in [-0.39, 0.29) is 12.3 Å². The fraction of sp³-hybridized carbons (Fsp3) is 0.632. The Morgan fingerprint density at radius 1 is 1.25 bits per heavy atom. The van der Waals surface area contributed by atoms with E-state index in [9.17, 15) is 9.90 Å². The van der Waals surface area contributed by atoms with Crippen molar-refractivity contribution < 1.29 is 19.4 Å². The Morgan fingerprint density at radius 2 is 1.96 bits per heavy atom. The van der Waals surface area contributed by atoms with Crippen molar-refractivity contribution in [1.82, 2.24) is 4.90 Å². The minimum absolute atomic E-state index is 0.243. The minimum Gasteiger partial charge on any atom is -0.493 e. The Morgan fingerprint density at radius 3 is 2.58 bits per heavy atom. The lowest BCUT2D eigenvalue weighted by Gasteiger charge is -2.47. The molecule has 5 nitrogen and oxygen atoms in total. The number of carboxylic acid groups (broad SMARTS) is 1. The molecular formula is C19H27NO4. The zero-order valence-corrected chi connectivity index (χ0v) is 14.7. The third-order valence-electron chi connectivity index (χ3n) is 5.74. The lowest BCUT2D eigenvalue weighted by Crippen LogP contribution is -2.46. The summed E-state index contributed by atoms with van der Waals surface area (Å²) < 4.78 is 10.9. The fourth-order valence-corrected chi connectivity index (χ4v) is 4.44. The van der Waals surface area contributed by atoms with Crippen LogP contribution in [0.3, 0.4) is 0 Å². The topological polar surface area (TPSA) is 59.0 Å². The second-order valence-electron chi connectivity index (χ2n) is 6.93. The van der Waals surface area contributed by atoms with Crippen LogP contribution in [0.5, 0.6) is 11.5 Å². The monoisotopic (exact) mass is 333 g/mol. The maximum atomic E-state index is 11.3. The highest BCUT2D eigenvalue weighted by Crippen LogP contribution is 2.45. The molecule has 3 atom stereocenters. The summed E-state index contributed by atoms with van der Waals surface area (Å²) in [5, 5.41) is 9.27. The predicted molar refractivity (Wildman–Crippen MR) is 91.7 cm³/mol. The minimum atomic E-state index is -0.685. The molecule has 2 aliphatic heterocycles. The van der Waals surface area contributed by atoms with E-state index in [0.717, 1.165) is 43.9 Å². The number of carbonyl (C=O) groups is 1. The van der Waals surface area contributed by atoms with Crippen LogP contribution in [0.2, 0.25) is 0 Å². The van der Waals surface area contributed by atoms with Crippen LogP contribution in [-0.4, -0.2) is 43.3 Å². The van der Waals surface area contributed by atoms with Gasteiger partial charge < -0.3 is 14.6 Å². The van der Waals surface area contributed by atoms with Gasteiger partial charge in [-0.25, -0.2) is 0 Å². The van der Waals surface area contributed by atoms with Crippen molar-refractivity contribution in [2.75, 3.05) is 27.3 Å². The van der Waals surface area contributed by atoms with Gasteiger partial charge in [-0.1, -0.05) is 13.3 Å². The lowest BCUT2D eigenvalue weighted by molar-refractivity contribution is -0.139. The van der Waals surface area contributed by atoms with Gasteiger partial charge in [0.25, 0.3) is 0 Å². The molecule has 1 fully saturated rings. The van der Waals surface area contributed by atoms with Gasteiger partial charge in [-0.2, -0.15) is 0 Å². The number of piperidine rings is 1. The zero-order valence-electron chi connectivity index (χ0n) is 14.7. The van der Waals surface area contributed by atoms with Crippen molar-refractivity contribution in [3.63, 3.8) is 0 Å². The van der Waals surface area contributed by atoms with E-state index >= 15 is 0 Å². The molecule has 0 spiro atoms. The maximum Gasteiger partial charge on any atom is 0.303 e. The van der Waals surface area contributed by atoms with E-state index in [1.165, 1.54) is 11.1 Å². The molecular weight excluding hydrogens is 306 g/mol. The summed E-state index contributed by atoms with van der Waals surface area (Å²) >= 11 is 0. The van der Waals surface area contributed by atoms with E-state index in [2.05, 4.69) is 24.0 Å². The Bertz CT molecular complexity index is 616. The maximum absolute atomic E-state index is 11.3. The third kappa shape index (κ3) is 3.09. The molecule has 0 bridgehead atoms. The summed E-state index contributed by atoms with van der Waals surface area (Å²) in [5.41, 5.74) is 2.58. The van der Waals surface area contributed by atoms with Crippen molar-refractivity contribution in [3.05, 3.63) is 23.3 Å². The first-order valence-electron chi connectivity index (χ1n) is 8.78. The number of carboxylic acids is 1. The van der Waals surface area contributed by atoms with Crippen molar-refractivity contribution in [3.8, 4) is 11.5 Å². The summed E-state index contributed by atoms with van der Waals surface area (Å²) in [4.78, 5) is 13.8. The number of methoxy groups -OCH3 is 2. The second-order valence-corrected chi connectivity index (χ2v) is 6.93. The predicted octanol–water partition coefficient (Wildman–Crippen LogP) is 3.12. The molecule has 0 aromatic heterocycles. The van der Waals surface area contributed by atoms with Gasteiger partial charge in [0.1, 0.15) is 0 Å². The van der Waals surface area contributed by atoms with E-state index in [1.807, 2.05) is 0 Å². The first-order chi connectivity index (χ1) is 11.6. The van der Waals surface area contributed by atoms with Crippen LogP contribution in [0.25, 0.3) is 0 Å². The van der Waals surface area contributed by atoms with E-state index in [1.54, 1.807) is 14.2 Å². The summed E-state index contributed by atoms with van der Waals surface area (Å²) in [5.74, 6) is 1.56. The second kappa shape index (κ2) is 7.01. The van der Waals surface area contributed by atoms with Crippen molar-refractivity contribution >= 4 is 5.97 Å². The molecule has 24 heavy (non-hydrogen) atoms. The SMILES string of the molecule is CCC1CN2CCc3cc(OC)c(OC)cc3C2CC1CC(=O)O. The number of hydrogen-bond donors (Lipinski definition) is 1. The Kier molecular flexibility index (Phi) is 4.99. The van der Waals surface area contributed by atoms with Crippen LogP contribution in [-0.2, 0) is 11.2 Å². The van der Waals surface area contributed by atoms with Gasteiger partial charge in [0, 0.05) is 25.6 Å². The number of aliphatic carboxylic acids is 1.